The van der Waals surface area contributed by atoms with E-state index in [4.69, 9.17) is 11.6 Å². The van der Waals surface area contributed by atoms with Gasteiger partial charge < -0.3 is 15.1 Å². The monoisotopic (exact) mass is 471 g/mol. The minimum Gasteiger partial charge on any atom is -0.342 e. The number of hydrogen-bond acceptors (Lipinski definition) is 6. The van der Waals surface area contributed by atoms with E-state index in [-0.39, 0.29) is 54.9 Å². The molecule has 0 bridgehead atoms. The molecule has 33 heavy (non-hydrogen) atoms. The van der Waals surface area contributed by atoms with E-state index in [2.05, 4.69) is 20.6 Å². The highest BCUT2D eigenvalue weighted by Crippen LogP contribution is 2.20. The van der Waals surface area contributed by atoms with E-state index in [0.717, 1.165) is 6.07 Å². The molecule has 0 atom stereocenters. The topological polar surface area (TPSA) is 113 Å². The lowest BCUT2D eigenvalue weighted by Crippen LogP contribution is -2.52. The third-order valence-electron chi connectivity index (χ3n) is 5.12. The molecule has 0 saturated carbocycles. The highest BCUT2D eigenvalue weighted by Gasteiger charge is 2.26. The van der Waals surface area contributed by atoms with Gasteiger partial charge in [-0.25, -0.2) is 9.07 Å². The van der Waals surface area contributed by atoms with Gasteiger partial charge in [0.1, 0.15) is 5.82 Å². The van der Waals surface area contributed by atoms with Gasteiger partial charge in [-0.3, -0.25) is 19.4 Å². The van der Waals surface area contributed by atoms with Gasteiger partial charge in [-0.05, 0) is 30.3 Å². The number of hydrogen-bond donors (Lipinski definition) is 1. The summed E-state index contributed by atoms with van der Waals surface area (Å²) >= 11 is 6.01. The Labute approximate surface area is 192 Å². The third kappa shape index (κ3) is 5.14. The number of amides is 3. The first-order valence-corrected chi connectivity index (χ1v) is 10.4. The zero-order chi connectivity index (χ0) is 23.4. The zero-order valence-electron chi connectivity index (χ0n) is 17.3. The smallest absolute Gasteiger partial charge is 0.273 e. The minimum absolute atomic E-state index is 0.0639. The standard InChI is InChI=1S/C21H19ClFN7O3/c22-17-4-3-14(23)10-16(17)21(33)29-8-6-28(7-9-29)19(31)12-25-20(32)18-13-30(27-26-18)15-2-1-5-24-11-15/h1-5,10-11,13H,6-9,12H2,(H,25,32). The summed E-state index contributed by atoms with van der Waals surface area (Å²) in [4.78, 5) is 44.5. The quantitative estimate of drug-likeness (QED) is 0.597. The highest BCUT2D eigenvalue weighted by atomic mass is 35.5. The summed E-state index contributed by atoms with van der Waals surface area (Å²) in [6, 6.07) is 7.11. The van der Waals surface area contributed by atoms with Crippen LogP contribution in [0.2, 0.25) is 5.02 Å². The first-order valence-electron chi connectivity index (χ1n) is 10.1. The molecular formula is C21H19ClFN7O3. The van der Waals surface area contributed by atoms with Gasteiger partial charge in [0.25, 0.3) is 11.8 Å². The van der Waals surface area contributed by atoms with Crippen molar-refractivity contribution in [1.29, 1.82) is 0 Å². The van der Waals surface area contributed by atoms with Gasteiger partial charge in [-0.15, -0.1) is 5.10 Å². The third-order valence-corrected chi connectivity index (χ3v) is 5.44. The van der Waals surface area contributed by atoms with Crippen LogP contribution in [0.5, 0.6) is 0 Å². The molecule has 1 aromatic carbocycles. The van der Waals surface area contributed by atoms with Crippen LogP contribution in [0.1, 0.15) is 20.8 Å². The lowest BCUT2D eigenvalue weighted by Gasteiger charge is -2.35. The molecule has 170 valence electrons. The van der Waals surface area contributed by atoms with Crippen LogP contribution in [0.25, 0.3) is 5.69 Å². The van der Waals surface area contributed by atoms with E-state index in [9.17, 15) is 18.8 Å². The Morgan fingerprint density at radius 2 is 1.85 bits per heavy atom. The fourth-order valence-electron chi connectivity index (χ4n) is 3.33. The Hall–Kier alpha value is -3.86. The SMILES string of the molecule is O=C(NCC(=O)N1CCN(C(=O)c2cc(F)ccc2Cl)CC1)c1cn(-c2cccnc2)nn1. The van der Waals surface area contributed by atoms with Crippen molar-refractivity contribution in [3.63, 3.8) is 0 Å². The average Bonchev–Trinajstić information content (AvgIpc) is 3.34. The second-order valence-electron chi connectivity index (χ2n) is 7.24. The fraction of sp³-hybridized carbons (Fsp3) is 0.238. The van der Waals surface area contributed by atoms with Crippen LogP contribution in [0.15, 0.2) is 48.9 Å². The Bertz CT molecular complexity index is 1180. The molecule has 0 unspecified atom stereocenters. The summed E-state index contributed by atoms with van der Waals surface area (Å²) < 4.78 is 14.9. The van der Waals surface area contributed by atoms with Crippen molar-refractivity contribution in [2.75, 3.05) is 32.7 Å². The van der Waals surface area contributed by atoms with Gasteiger partial charge in [0.05, 0.1) is 35.2 Å². The molecule has 0 aliphatic carbocycles. The van der Waals surface area contributed by atoms with Crippen molar-refractivity contribution >= 4 is 29.3 Å². The molecule has 1 aliphatic rings. The summed E-state index contributed by atoms with van der Waals surface area (Å²) in [5, 5.41) is 10.4. The van der Waals surface area contributed by atoms with Crippen molar-refractivity contribution < 1.29 is 18.8 Å². The summed E-state index contributed by atoms with van der Waals surface area (Å²) in [5.74, 6) is -1.77. The Kier molecular flexibility index (Phi) is 6.59. The van der Waals surface area contributed by atoms with Crippen LogP contribution in [0.3, 0.4) is 0 Å². The number of piperazine rings is 1. The molecular weight excluding hydrogens is 453 g/mol. The predicted octanol–water partition coefficient (Wildman–Crippen LogP) is 1.17. The van der Waals surface area contributed by atoms with Crippen LogP contribution in [-0.4, -0.2) is 80.2 Å². The maximum absolute atomic E-state index is 13.5. The number of carbonyl (C=O) groups is 3. The molecule has 3 aromatic rings. The first-order chi connectivity index (χ1) is 15.9. The second kappa shape index (κ2) is 9.74. The number of nitrogens with zero attached hydrogens (tertiary/aromatic N) is 6. The van der Waals surface area contributed by atoms with Gasteiger partial charge in [0, 0.05) is 32.4 Å². The van der Waals surface area contributed by atoms with E-state index < -0.39 is 17.6 Å². The largest absolute Gasteiger partial charge is 0.342 e. The molecule has 0 spiro atoms. The van der Waals surface area contributed by atoms with Crippen molar-refractivity contribution in [1.82, 2.24) is 35.1 Å². The van der Waals surface area contributed by atoms with Crippen LogP contribution in [0, 0.1) is 5.82 Å². The Morgan fingerprint density at radius 1 is 1.09 bits per heavy atom. The molecule has 1 saturated heterocycles. The maximum atomic E-state index is 13.5. The molecule has 3 amide bonds. The Morgan fingerprint density at radius 3 is 2.58 bits per heavy atom. The molecule has 12 heteroatoms. The fourth-order valence-corrected chi connectivity index (χ4v) is 3.53. The zero-order valence-corrected chi connectivity index (χ0v) is 18.1. The summed E-state index contributed by atoms with van der Waals surface area (Å²) in [7, 11) is 0. The van der Waals surface area contributed by atoms with E-state index in [0.29, 0.717) is 5.69 Å². The van der Waals surface area contributed by atoms with Crippen molar-refractivity contribution in [2.45, 2.75) is 0 Å². The van der Waals surface area contributed by atoms with Crippen molar-refractivity contribution in [3.8, 4) is 5.69 Å². The lowest BCUT2D eigenvalue weighted by atomic mass is 10.1. The number of carbonyl (C=O) groups excluding carboxylic acids is 3. The number of benzene rings is 1. The number of rotatable bonds is 5. The first kappa shape index (κ1) is 22.3. The second-order valence-corrected chi connectivity index (χ2v) is 7.65. The number of halogens is 2. The summed E-state index contributed by atoms with van der Waals surface area (Å²) in [5.41, 5.74) is 0.796. The van der Waals surface area contributed by atoms with E-state index in [1.54, 1.807) is 29.4 Å². The number of nitrogens with one attached hydrogen (secondary N) is 1. The van der Waals surface area contributed by atoms with Crippen molar-refractivity contribution in [3.05, 3.63) is 71.0 Å². The van der Waals surface area contributed by atoms with E-state index in [1.165, 1.54) is 27.9 Å². The Balaban J connectivity index is 1.27. The number of aromatic nitrogens is 4. The van der Waals surface area contributed by atoms with Crippen LogP contribution < -0.4 is 5.32 Å². The van der Waals surface area contributed by atoms with Crippen LogP contribution in [0.4, 0.5) is 4.39 Å². The van der Waals surface area contributed by atoms with Gasteiger partial charge in [0.2, 0.25) is 5.91 Å². The summed E-state index contributed by atoms with van der Waals surface area (Å²) in [6.45, 7) is 0.882. The molecule has 2 aromatic heterocycles. The molecule has 0 radical (unpaired) electrons. The summed E-state index contributed by atoms with van der Waals surface area (Å²) in [6.07, 6.45) is 4.64. The molecule has 1 fully saturated rings. The van der Waals surface area contributed by atoms with Gasteiger partial charge in [-0.2, -0.15) is 0 Å². The van der Waals surface area contributed by atoms with Gasteiger partial charge in [-0.1, -0.05) is 16.8 Å². The van der Waals surface area contributed by atoms with Crippen LogP contribution in [-0.2, 0) is 4.79 Å². The van der Waals surface area contributed by atoms with Crippen LogP contribution >= 0.6 is 11.6 Å². The normalized spacial score (nSPS) is 13.6. The average molecular weight is 472 g/mol. The highest BCUT2D eigenvalue weighted by molar-refractivity contribution is 6.33. The lowest BCUT2D eigenvalue weighted by molar-refractivity contribution is -0.131. The van der Waals surface area contributed by atoms with E-state index >= 15 is 0 Å². The maximum Gasteiger partial charge on any atom is 0.273 e. The molecule has 3 heterocycles. The molecule has 1 N–H and O–H groups in total. The number of pyridine rings is 1. The minimum atomic E-state index is -0.548. The predicted molar refractivity (Wildman–Crippen MR) is 115 cm³/mol. The van der Waals surface area contributed by atoms with Gasteiger partial charge in [0.15, 0.2) is 5.69 Å². The van der Waals surface area contributed by atoms with Gasteiger partial charge >= 0.3 is 0 Å². The molecule has 4 rings (SSSR count). The molecule has 1 aliphatic heterocycles. The van der Waals surface area contributed by atoms with E-state index in [1.807, 2.05) is 0 Å². The van der Waals surface area contributed by atoms with Crippen molar-refractivity contribution in [2.24, 2.45) is 0 Å². The molecule has 10 nitrogen and oxygen atoms in total.